The van der Waals surface area contributed by atoms with E-state index in [4.69, 9.17) is 10.2 Å². The van der Waals surface area contributed by atoms with E-state index in [-0.39, 0.29) is 0 Å². The van der Waals surface area contributed by atoms with E-state index in [1.54, 1.807) is 0 Å². The van der Waals surface area contributed by atoms with Crippen molar-refractivity contribution in [3.8, 4) is 6.57 Å². The van der Waals surface area contributed by atoms with E-state index in [1.807, 2.05) is 0 Å². The molecule has 3 nitrogen and oxygen atoms in total. The lowest BCUT2D eigenvalue weighted by atomic mass is 11.8. The molecule has 0 amide bonds. The molecule has 1 atom stereocenters. The van der Waals surface area contributed by atoms with Crippen LogP contribution in [0.3, 0.4) is 0 Å². The summed E-state index contributed by atoms with van der Waals surface area (Å²) in [5.41, 5.74) is -2.62. The van der Waals surface area contributed by atoms with Crippen molar-refractivity contribution >= 4 is 29.7 Å². The molecular weight excluding hydrogens is 165 g/mol. The van der Waals surface area contributed by atoms with Gasteiger partial charge in [-0.05, 0) is 11.8 Å². The van der Waals surface area contributed by atoms with Crippen molar-refractivity contribution in [3.05, 3.63) is 0 Å². The Labute approximate surface area is 58.6 Å². The fourth-order valence-electron chi connectivity index (χ4n) is 0. The van der Waals surface area contributed by atoms with Gasteiger partial charge in [0.25, 0.3) is 0 Å². The SMILES string of the molecule is C#N.COP(O)(=S)S. The zero-order chi connectivity index (χ0) is 7.21. The minimum absolute atomic E-state index is 1.33. The van der Waals surface area contributed by atoms with Crippen LogP contribution in [0.25, 0.3) is 0 Å². The summed E-state index contributed by atoms with van der Waals surface area (Å²) < 4.78 is 4.28. The first-order chi connectivity index (χ1) is 3.56. The minimum Gasteiger partial charge on any atom is -0.338 e. The van der Waals surface area contributed by atoms with Crippen molar-refractivity contribution in [1.29, 1.82) is 5.26 Å². The number of nitriles is 1. The molecule has 0 heterocycles. The lowest BCUT2D eigenvalue weighted by Crippen LogP contribution is -1.67. The second-order valence-corrected chi connectivity index (χ2v) is 5.94. The molecule has 0 aromatic heterocycles. The smallest absolute Gasteiger partial charge is 0.241 e. The average Bonchev–Trinajstić information content (AvgIpc) is 1.71. The third kappa shape index (κ3) is 16.1. The summed E-state index contributed by atoms with van der Waals surface area (Å²) in [6.45, 7) is 3.50. The van der Waals surface area contributed by atoms with Crippen molar-refractivity contribution in [2.24, 2.45) is 0 Å². The topological polar surface area (TPSA) is 53.2 Å². The Morgan fingerprint density at radius 2 is 2.00 bits per heavy atom. The maximum Gasteiger partial charge on any atom is 0.241 e. The molecule has 0 rings (SSSR count). The highest BCUT2D eigenvalue weighted by Crippen LogP contribution is 2.45. The molecule has 0 aliphatic heterocycles. The highest BCUT2D eigenvalue weighted by atomic mass is 32.9. The molecule has 0 spiro atoms. The molecule has 0 aromatic carbocycles. The lowest BCUT2D eigenvalue weighted by Gasteiger charge is -1.99. The van der Waals surface area contributed by atoms with Crippen molar-refractivity contribution in [1.82, 2.24) is 0 Å². The first-order valence-electron chi connectivity index (χ1n) is 1.43. The van der Waals surface area contributed by atoms with Gasteiger partial charge in [-0.1, -0.05) is 12.2 Å². The summed E-state index contributed by atoms with van der Waals surface area (Å²) >= 11 is 7.81. The average molecular weight is 171 g/mol. The Hall–Kier alpha value is 0.410. The quantitative estimate of drug-likeness (QED) is 0.455. The number of hydrogen-bond acceptors (Lipinski definition) is 3. The maximum absolute atomic E-state index is 8.39. The van der Waals surface area contributed by atoms with Crippen LogP contribution in [0.5, 0.6) is 0 Å². The first-order valence-corrected chi connectivity index (χ1v) is 5.26. The van der Waals surface area contributed by atoms with Gasteiger partial charge in [0, 0.05) is 13.7 Å². The van der Waals surface area contributed by atoms with Gasteiger partial charge in [-0.25, -0.2) is 5.26 Å². The summed E-state index contributed by atoms with van der Waals surface area (Å²) in [6, 6.07) is 0. The lowest BCUT2D eigenvalue weighted by molar-refractivity contribution is 0.405. The van der Waals surface area contributed by atoms with E-state index in [0.29, 0.717) is 0 Å². The molecule has 0 saturated heterocycles. The summed E-state index contributed by atoms with van der Waals surface area (Å²) in [5.74, 6) is 0. The van der Waals surface area contributed by atoms with E-state index in [9.17, 15) is 0 Å². The van der Waals surface area contributed by atoms with Crippen LogP contribution in [0.15, 0.2) is 0 Å². The fraction of sp³-hybridized carbons (Fsp3) is 0.500. The predicted octanol–water partition coefficient (Wildman–Crippen LogP) is 0.919. The molecule has 0 aliphatic rings. The second kappa shape index (κ2) is 5.54. The van der Waals surface area contributed by atoms with Crippen molar-refractivity contribution in [2.45, 2.75) is 0 Å². The summed E-state index contributed by atoms with van der Waals surface area (Å²) in [7, 11) is 1.33. The van der Waals surface area contributed by atoms with Gasteiger partial charge in [0.15, 0.2) is 0 Å². The van der Waals surface area contributed by atoms with E-state index < -0.39 is 5.69 Å². The van der Waals surface area contributed by atoms with Gasteiger partial charge in [-0.15, -0.1) is 0 Å². The van der Waals surface area contributed by atoms with Crippen LogP contribution >= 0.6 is 17.9 Å². The van der Waals surface area contributed by atoms with Crippen molar-refractivity contribution in [3.63, 3.8) is 0 Å². The monoisotopic (exact) mass is 171 g/mol. The minimum atomic E-state index is -2.62. The number of thiol groups is 1. The van der Waals surface area contributed by atoms with E-state index in [0.717, 1.165) is 0 Å². The number of hydrogen-bond donors (Lipinski definition) is 2. The summed E-state index contributed by atoms with van der Waals surface area (Å²) in [4.78, 5) is 8.39. The molecule has 0 aliphatic carbocycles. The molecule has 6 heteroatoms. The zero-order valence-electron chi connectivity index (χ0n) is 4.18. The molecule has 1 N–H and O–H groups in total. The Bertz CT molecular complexity index is 108. The van der Waals surface area contributed by atoms with Gasteiger partial charge >= 0.3 is 0 Å². The summed E-state index contributed by atoms with van der Waals surface area (Å²) in [5, 5.41) is 6.50. The van der Waals surface area contributed by atoms with E-state index in [1.165, 1.54) is 7.11 Å². The number of rotatable bonds is 1. The van der Waals surface area contributed by atoms with E-state index in [2.05, 4.69) is 35.2 Å². The first kappa shape index (κ1) is 11.2. The Morgan fingerprint density at radius 1 is 1.88 bits per heavy atom. The second-order valence-electron chi connectivity index (χ2n) is 0.673. The molecule has 0 radical (unpaired) electrons. The maximum atomic E-state index is 8.39. The Kier molecular flexibility index (Phi) is 7.79. The van der Waals surface area contributed by atoms with Crippen molar-refractivity contribution in [2.75, 3.05) is 7.11 Å². The normalized spacial score (nSPS) is 15.1. The molecule has 0 bridgehead atoms. The van der Waals surface area contributed by atoms with Gasteiger partial charge in [0.1, 0.15) is 0 Å². The van der Waals surface area contributed by atoms with E-state index >= 15 is 0 Å². The van der Waals surface area contributed by atoms with Crippen LogP contribution in [0, 0.1) is 11.8 Å². The standard InChI is InChI=1S/CHN.CH5O2PS2/c1-2;1-3-4(2,5)6/h1H;1H3,(H2,2,5,6). The van der Waals surface area contributed by atoms with Gasteiger partial charge in [0.2, 0.25) is 5.69 Å². The van der Waals surface area contributed by atoms with Crippen LogP contribution in [0.2, 0.25) is 0 Å². The predicted molar refractivity (Wildman–Crippen MR) is 39.2 cm³/mol. The van der Waals surface area contributed by atoms with Crippen LogP contribution in [0.1, 0.15) is 0 Å². The van der Waals surface area contributed by atoms with Crippen LogP contribution in [0.4, 0.5) is 0 Å². The molecular formula is C2H6NO2PS2. The Morgan fingerprint density at radius 3 is 2.00 bits per heavy atom. The van der Waals surface area contributed by atoms with Crippen LogP contribution in [-0.4, -0.2) is 12.0 Å². The number of nitrogens with zero attached hydrogens (tertiary/aromatic N) is 1. The molecule has 0 saturated carbocycles. The molecule has 48 valence electrons. The van der Waals surface area contributed by atoms with Crippen molar-refractivity contribution < 1.29 is 9.42 Å². The fourth-order valence-corrected chi connectivity index (χ4v) is 0. The highest BCUT2D eigenvalue weighted by molar-refractivity contribution is 8.59. The zero-order valence-corrected chi connectivity index (χ0v) is 6.79. The molecule has 0 fully saturated rings. The Balaban J connectivity index is 0. The molecule has 0 aromatic rings. The summed E-state index contributed by atoms with van der Waals surface area (Å²) in [6.07, 6.45) is 0. The molecule has 8 heavy (non-hydrogen) atoms. The van der Waals surface area contributed by atoms with Gasteiger partial charge < -0.3 is 9.42 Å². The largest absolute Gasteiger partial charge is 0.338 e. The van der Waals surface area contributed by atoms with Gasteiger partial charge in [0.05, 0.1) is 0 Å². The van der Waals surface area contributed by atoms with Gasteiger partial charge in [-0.2, -0.15) is 0 Å². The third-order valence-electron chi connectivity index (χ3n) is 0.238. The third-order valence-corrected chi connectivity index (χ3v) is 1.65. The molecule has 1 unspecified atom stereocenters. The van der Waals surface area contributed by atoms with Crippen LogP contribution in [-0.2, 0) is 16.3 Å². The van der Waals surface area contributed by atoms with Gasteiger partial charge in [-0.3, -0.25) is 0 Å². The highest BCUT2D eigenvalue weighted by Gasteiger charge is 1.97. The van der Waals surface area contributed by atoms with Crippen LogP contribution < -0.4 is 0 Å².